The van der Waals surface area contributed by atoms with E-state index in [1.165, 1.54) is 0 Å². The van der Waals surface area contributed by atoms with Crippen LogP contribution in [0.2, 0.25) is 0 Å². The second-order valence-electron chi connectivity index (χ2n) is 5.84. The molecule has 0 saturated carbocycles. The van der Waals surface area contributed by atoms with Crippen LogP contribution in [0.4, 0.5) is 0 Å². The highest BCUT2D eigenvalue weighted by Crippen LogP contribution is 2.28. The van der Waals surface area contributed by atoms with Crippen LogP contribution in [0.3, 0.4) is 0 Å². The van der Waals surface area contributed by atoms with Gasteiger partial charge in [0, 0.05) is 4.47 Å². The van der Waals surface area contributed by atoms with E-state index in [9.17, 15) is 4.79 Å². The quantitative estimate of drug-likeness (QED) is 0.471. The van der Waals surface area contributed by atoms with Gasteiger partial charge >= 0.3 is 0 Å². The first-order valence-corrected chi connectivity index (χ1v) is 9.11. The van der Waals surface area contributed by atoms with Crippen LogP contribution in [-0.4, -0.2) is 26.3 Å². The summed E-state index contributed by atoms with van der Waals surface area (Å²) in [5.41, 5.74) is 4.32. The average molecular weight is 427 g/mol. The molecule has 0 atom stereocenters. The predicted molar refractivity (Wildman–Crippen MR) is 111 cm³/mol. The molecule has 0 aliphatic rings. The van der Waals surface area contributed by atoms with E-state index < -0.39 is 0 Å². The molecule has 0 unspecified atom stereocenters. The molecule has 6 heteroatoms. The van der Waals surface area contributed by atoms with Crippen LogP contribution in [-0.2, 0) is 11.2 Å². The molecule has 0 fully saturated rings. The number of halogens is 1. The first-order valence-electron chi connectivity index (χ1n) is 8.32. The third kappa shape index (κ3) is 4.46. The van der Waals surface area contributed by atoms with Gasteiger partial charge in [-0.2, -0.15) is 5.10 Å². The second kappa shape index (κ2) is 8.68. The molecule has 0 aliphatic heterocycles. The van der Waals surface area contributed by atoms with E-state index in [0.29, 0.717) is 11.5 Å². The molecule has 3 rings (SSSR count). The summed E-state index contributed by atoms with van der Waals surface area (Å²) in [4.78, 5) is 12.3. The summed E-state index contributed by atoms with van der Waals surface area (Å²) in [6.07, 6.45) is 1.82. The molecule has 0 aliphatic carbocycles. The number of carbonyl (C=O) groups excluding carboxylic acids is 1. The number of hydrazone groups is 1. The molecule has 27 heavy (non-hydrogen) atoms. The zero-order chi connectivity index (χ0) is 19.2. The molecule has 0 spiro atoms. The molecular weight excluding hydrogens is 408 g/mol. The van der Waals surface area contributed by atoms with Crippen molar-refractivity contribution in [2.45, 2.75) is 6.42 Å². The topological polar surface area (TPSA) is 59.9 Å². The average Bonchev–Trinajstić information content (AvgIpc) is 2.70. The first-order chi connectivity index (χ1) is 13.1. The minimum absolute atomic E-state index is 0.181. The summed E-state index contributed by atoms with van der Waals surface area (Å²) in [5.74, 6) is 1.06. The number of benzene rings is 3. The Morgan fingerprint density at radius 2 is 1.78 bits per heavy atom. The van der Waals surface area contributed by atoms with Crippen LogP contribution in [0.25, 0.3) is 10.8 Å². The molecule has 0 heterocycles. The molecule has 138 valence electrons. The number of rotatable bonds is 6. The van der Waals surface area contributed by atoms with E-state index in [1.807, 2.05) is 42.5 Å². The van der Waals surface area contributed by atoms with Gasteiger partial charge in [0.15, 0.2) is 11.5 Å². The molecule has 3 aromatic carbocycles. The molecule has 5 nitrogen and oxygen atoms in total. The summed E-state index contributed by atoms with van der Waals surface area (Å²) in [7, 11) is 3.15. The SMILES string of the molecule is COc1ccc(/C=N\NC(=O)Cc2ccc(Br)c3ccccc23)cc1OC. The van der Waals surface area contributed by atoms with Crippen molar-refractivity contribution in [1.82, 2.24) is 5.43 Å². The fourth-order valence-corrected chi connectivity index (χ4v) is 3.28. The molecule has 3 aromatic rings. The maximum atomic E-state index is 12.3. The zero-order valence-electron chi connectivity index (χ0n) is 15.0. The molecule has 1 N–H and O–H groups in total. The van der Waals surface area contributed by atoms with Crippen LogP contribution in [0.15, 0.2) is 64.2 Å². The fraction of sp³-hybridized carbons (Fsp3) is 0.143. The zero-order valence-corrected chi connectivity index (χ0v) is 16.6. The maximum Gasteiger partial charge on any atom is 0.244 e. The van der Waals surface area contributed by atoms with Gasteiger partial charge in [0.25, 0.3) is 0 Å². The lowest BCUT2D eigenvalue weighted by atomic mass is 10.0. The van der Waals surface area contributed by atoms with Crippen LogP contribution in [0, 0.1) is 0 Å². The molecule has 0 bridgehead atoms. The molecule has 0 aromatic heterocycles. The number of hydrogen-bond acceptors (Lipinski definition) is 4. The third-order valence-electron chi connectivity index (χ3n) is 4.12. The number of hydrogen-bond donors (Lipinski definition) is 1. The third-order valence-corrected chi connectivity index (χ3v) is 4.81. The van der Waals surface area contributed by atoms with E-state index >= 15 is 0 Å². The number of nitrogens with zero attached hydrogens (tertiary/aromatic N) is 1. The first kappa shape index (κ1) is 18.9. The maximum absolute atomic E-state index is 12.3. The van der Waals surface area contributed by atoms with E-state index in [-0.39, 0.29) is 12.3 Å². The van der Waals surface area contributed by atoms with Gasteiger partial charge in [-0.3, -0.25) is 4.79 Å². The van der Waals surface area contributed by atoms with Crippen LogP contribution < -0.4 is 14.9 Å². The van der Waals surface area contributed by atoms with Crippen molar-refractivity contribution in [2.24, 2.45) is 5.10 Å². The van der Waals surface area contributed by atoms with Gasteiger partial charge in [-0.15, -0.1) is 0 Å². The Labute approximate surface area is 166 Å². The molecule has 0 radical (unpaired) electrons. The standard InChI is InChI=1S/C21H19BrN2O3/c1-26-19-10-7-14(11-20(19)27-2)13-23-24-21(25)12-15-8-9-18(22)17-6-4-3-5-16(15)17/h3-11,13H,12H2,1-2H3,(H,24,25)/b23-13-. The number of ether oxygens (including phenoxy) is 2. The molecular formula is C21H19BrN2O3. The Bertz CT molecular complexity index is 1000. The van der Waals surface area contributed by atoms with Gasteiger partial charge in [-0.25, -0.2) is 5.43 Å². The summed E-state index contributed by atoms with van der Waals surface area (Å²) in [5, 5.41) is 6.16. The van der Waals surface area contributed by atoms with E-state index in [4.69, 9.17) is 9.47 Å². The Morgan fingerprint density at radius 1 is 1.04 bits per heavy atom. The van der Waals surface area contributed by atoms with Crippen molar-refractivity contribution in [1.29, 1.82) is 0 Å². The van der Waals surface area contributed by atoms with Gasteiger partial charge in [-0.05, 0) is 46.2 Å². The van der Waals surface area contributed by atoms with E-state index in [2.05, 4.69) is 26.5 Å². The largest absolute Gasteiger partial charge is 0.493 e. The Hall–Kier alpha value is -2.86. The van der Waals surface area contributed by atoms with Gasteiger partial charge in [-0.1, -0.05) is 46.3 Å². The highest BCUT2D eigenvalue weighted by Gasteiger charge is 2.08. The lowest BCUT2D eigenvalue weighted by molar-refractivity contribution is -0.120. The Morgan fingerprint density at radius 3 is 2.52 bits per heavy atom. The number of fused-ring (bicyclic) bond motifs is 1. The van der Waals surface area contributed by atoms with E-state index in [0.717, 1.165) is 26.4 Å². The fourth-order valence-electron chi connectivity index (χ4n) is 2.80. The predicted octanol–water partition coefficient (Wildman–Crippen LogP) is 4.31. The summed E-state index contributed by atoms with van der Waals surface area (Å²) in [6, 6.07) is 17.3. The summed E-state index contributed by atoms with van der Waals surface area (Å²) < 4.78 is 11.5. The lowest BCUT2D eigenvalue weighted by Crippen LogP contribution is -2.19. The summed E-state index contributed by atoms with van der Waals surface area (Å²) in [6.45, 7) is 0. The van der Waals surface area contributed by atoms with Crippen molar-refractivity contribution in [3.63, 3.8) is 0 Å². The Kier molecular flexibility index (Phi) is 6.08. The number of methoxy groups -OCH3 is 2. The van der Waals surface area contributed by atoms with Gasteiger partial charge < -0.3 is 9.47 Å². The Balaban J connectivity index is 1.69. The normalized spacial score (nSPS) is 10.9. The monoisotopic (exact) mass is 426 g/mol. The number of amides is 1. The highest BCUT2D eigenvalue weighted by molar-refractivity contribution is 9.10. The van der Waals surface area contributed by atoms with Crippen LogP contribution in [0.1, 0.15) is 11.1 Å². The van der Waals surface area contributed by atoms with Gasteiger partial charge in [0.05, 0.1) is 26.9 Å². The number of carbonyl (C=O) groups is 1. The van der Waals surface area contributed by atoms with E-state index in [1.54, 1.807) is 32.6 Å². The molecule has 0 saturated heterocycles. The van der Waals surface area contributed by atoms with Gasteiger partial charge in [0.1, 0.15) is 0 Å². The summed E-state index contributed by atoms with van der Waals surface area (Å²) >= 11 is 3.54. The second-order valence-corrected chi connectivity index (χ2v) is 6.69. The van der Waals surface area contributed by atoms with Crippen molar-refractivity contribution in [2.75, 3.05) is 14.2 Å². The van der Waals surface area contributed by atoms with Gasteiger partial charge in [0.2, 0.25) is 5.91 Å². The number of nitrogens with one attached hydrogen (secondary N) is 1. The lowest BCUT2D eigenvalue weighted by Gasteiger charge is -2.08. The van der Waals surface area contributed by atoms with Crippen molar-refractivity contribution >= 4 is 38.8 Å². The minimum atomic E-state index is -0.181. The minimum Gasteiger partial charge on any atom is -0.493 e. The molecule has 1 amide bonds. The van der Waals surface area contributed by atoms with Crippen molar-refractivity contribution in [3.05, 3.63) is 70.2 Å². The van der Waals surface area contributed by atoms with Crippen molar-refractivity contribution < 1.29 is 14.3 Å². The van der Waals surface area contributed by atoms with Crippen LogP contribution in [0.5, 0.6) is 11.5 Å². The van der Waals surface area contributed by atoms with Crippen molar-refractivity contribution in [3.8, 4) is 11.5 Å². The highest BCUT2D eigenvalue weighted by atomic mass is 79.9. The van der Waals surface area contributed by atoms with Crippen LogP contribution >= 0.6 is 15.9 Å². The smallest absolute Gasteiger partial charge is 0.244 e.